The summed E-state index contributed by atoms with van der Waals surface area (Å²) in [6.45, 7) is 6.12. The second-order valence-electron chi connectivity index (χ2n) is 7.19. The van der Waals surface area contributed by atoms with Crippen LogP contribution in [-0.4, -0.2) is 53.5 Å². The van der Waals surface area contributed by atoms with Gasteiger partial charge in [-0.3, -0.25) is 9.59 Å². The number of oxazole rings is 1. The maximum absolute atomic E-state index is 12.7. The predicted molar refractivity (Wildman–Crippen MR) is 107 cm³/mol. The van der Waals surface area contributed by atoms with Crippen molar-refractivity contribution < 1.29 is 28.3 Å². The lowest BCUT2D eigenvalue weighted by atomic mass is 9.97. The van der Waals surface area contributed by atoms with Gasteiger partial charge in [0, 0.05) is 18.7 Å². The molecule has 0 spiro atoms. The average molecular weight is 414 g/mol. The lowest BCUT2D eigenvalue weighted by Gasteiger charge is -2.32. The van der Waals surface area contributed by atoms with Gasteiger partial charge >= 0.3 is 11.9 Å². The monoisotopic (exact) mass is 414 g/mol. The van der Waals surface area contributed by atoms with Gasteiger partial charge in [0.25, 0.3) is 5.91 Å². The first kappa shape index (κ1) is 21.5. The van der Waals surface area contributed by atoms with Crippen molar-refractivity contribution in [1.82, 2.24) is 9.88 Å². The van der Waals surface area contributed by atoms with Crippen LogP contribution in [0.4, 0.5) is 0 Å². The van der Waals surface area contributed by atoms with Crippen molar-refractivity contribution in [2.75, 3.05) is 19.7 Å². The van der Waals surface area contributed by atoms with Crippen LogP contribution in [0.25, 0.3) is 11.5 Å². The normalized spacial score (nSPS) is 15.5. The van der Waals surface area contributed by atoms with Crippen LogP contribution in [0.5, 0.6) is 0 Å². The Morgan fingerprint density at radius 1 is 1.20 bits per heavy atom. The molecule has 1 saturated heterocycles. The second-order valence-corrected chi connectivity index (χ2v) is 7.19. The predicted octanol–water partition coefficient (Wildman–Crippen LogP) is 3.00. The number of benzene rings is 1. The molecule has 8 heteroatoms. The third kappa shape index (κ3) is 4.87. The highest BCUT2D eigenvalue weighted by Gasteiger charge is 2.32. The van der Waals surface area contributed by atoms with Gasteiger partial charge in [-0.25, -0.2) is 9.78 Å². The smallest absolute Gasteiger partial charge is 0.361 e. The molecule has 1 fully saturated rings. The van der Waals surface area contributed by atoms with Gasteiger partial charge in [0.1, 0.15) is 5.76 Å². The Bertz CT molecular complexity index is 900. The zero-order chi connectivity index (χ0) is 21.7. The van der Waals surface area contributed by atoms with E-state index >= 15 is 0 Å². The maximum Gasteiger partial charge on any atom is 0.361 e. The van der Waals surface area contributed by atoms with Crippen molar-refractivity contribution in [1.29, 1.82) is 0 Å². The van der Waals surface area contributed by atoms with E-state index in [1.165, 1.54) is 6.92 Å². The lowest BCUT2D eigenvalue weighted by molar-refractivity contribution is -0.152. The molecule has 0 aliphatic carbocycles. The van der Waals surface area contributed by atoms with Crippen LogP contribution in [0, 0.1) is 12.8 Å². The minimum atomic E-state index is -0.965. The largest absolute Gasteiger partial charge is 0.466 e. The molecule has 8 nitrogen and oxygen atoms in total. The van der Waals surface area contributed by atoms with Crippen molar-refractivity contribution >= 4 is 17.8 Å². The molecule has 2 heterocycles. The van der Waals surface area contributed by atoms with Crippen molar-refractivity contribution in [3.8, 4) is 11.5 Å². The summed E-state index contributed by atoms with van der Waals surface area (Å²) < 4.78 is 16.0. The molecular formula is C22H26N2O6. The van der Waals surface area contributed by atoms with Crippen molar-refractivity contribution in [3.63, 3.8) is 0 Å². The molecule has 1 aliphatic rings. The molecule has 1 aromatic carbocycles. The number of amides is 1. The van der Waals surface area contributed by atoms with E-state index in [0.29, 0.717) is 44.2 Å². The van der Waals surface area contributed by atoms with Gasteiger partial charge in [-0.1, -0.05) is 18.2 Å². The molecule has 0 bridgehead atoms. The molecule has 1 aromatic heterocycles. The first-order valence-electron chi connectivity index (χ1n) is 10.1. The summed E-state index contributed by atoms with van der Waals surface area (Å²) in [4.78, 5) is 42.9. The summed E-state index contributed by atoms with van der Waals surface area (Å²) in [6, 6.07) is 9.22. The summed E-state index contributed by atoms with van der Waals surface area (Å²) in [5.41, 5.74) is 0.794. The highest BCUT2D eigenvalue weighted by Crippen LogP contribution is 2.23. The van der Waals surface area contributed by atoms with E-state index in [1.807, 2.05) is 30.3 Å². The second kappa shape index (κ2) is 9.56. The molecule has 0 unspecified atom stereocenters. The Morgan fingerprint density at radius 3 is 2.50 bits per heavy atom. The zero-order valence-electron chi connectivity index (χ0n) is 17.4. The lowest BCUT2D eigenvalue weighted by Crippen LogP contribution is -2.45. The van der Waals surface area contributed by atoms with Gasteiger partial charge < -0.3 is 18.8 Å². The van der Waals surface area contributed by atoms with E-state index < -0.39 is 12.1 Å². The number of aromatic nitrogens is 1. The van der Waals surface area contributed by atoms with Gasteiger partial charge in [0.05, 0.1) is 12.5 Å². The minimum absolute atomic E-state index is 0.0505. The number of ether oxygens (including phenoxy) is 2. The third-order valence-corrected chi connectivity index (χ3v) is 5.07. The Labute approximate surface area is 175 Å². The summed E-state index contributed by atoms with van der Waals surface area (Å²) in [6.07, 6.45) is 0.107. The van der Waals surface area contributed by atoms with Gasteiger partial charge in [0.2, 0.25) is 5.89 Å². The quantitative estimate of drug-likeness (QED) is 0.670. The zero-order valence-corrected chi connectivity index (χ0v) is 17.4. The van der Waals surface area contributed by atoms with E-state index in [-0.39, 0.29) is 23.5 Å². The fraction of sp³-hybridized carbons (Fsp3) is 0.455. The van der Waals surface area contributed by atoms with Gasteiger partial charge in [-0.2, -0.15) is 0 Å². The van der Waals surface area contributed by atoms with Crippen LogP contribution in [0.2, 0.25) is 0 Å². The molecule has 160 valence electrons. The van der Waals surface area contributed by atoms with Gasteiger partial charge in [0.15, 0.2) is 11.8 Å². The number of hydrogen-bond donors (Lipinski definition) is 0. The molecule has 1 amide bonds. The van der Waals surface area contributed by atoms with Crippen LogP contribution in [0.1, 0.15) is 42.9 Å². The van der Waals surface area contributed by atoms with Crippen LogP contribution in [-0.2, 0) is 19.1 Å². The minimum Gasteiger partial charge on any atom is -0.466 e. The maximum atomic E-state index is 12.7. The van der Waals surface area contributed by atoms with Gasteiger partial charge in [-0.05, 0) is 45.7 Å². The van der Waals surface area contributed by atoms with E-state index in [9.17, 15) is 14.4 Å². The Balaban J connectivity index is 1.58. The van der Waals surface area contributed by atoms with E-state index in [4.69, 9.17) is 13.9 Å². The summed E-state index contributed by atoms with van der Waals surface area (Å²) in [5.74, 6) is -0.773. The number of esters is 2. The molecule has 2 aromatic rings. The number of nitrogens with zero attached hydrogens (tertiary/aromatic N) is 2. The Morgan fingerprint density at radius 2 is 1.87 bits per heavy atom. The first-order valence-corrected chi connectivity index (χ1v) is 10.1. The number of likely N-dealkylation sites (tertiary alicyclic amines) is 1. The van der Waals surface area contributed by atoms with Crippen LogP contribution < -0.4 is 0 Å². The molecular weight excluding hydrogens is 388 g/mol. The van der Waals surface area contributed by atoms with E-state index in [2.05, 4.69) is 4.98 Å². The van der Waals surface area contributed by atoms with Crippen LogP contribution in [0.15, 0.2) is 34.7 Å². The number of hydrogen-bond acceptors (Lipinski definition) is 7. The number of piperidine rings is 1. The third-order valence-electron chi connectivity index (χ3n) is 5.07. The topological polar surface area (TPSA) is 98.9 Å². The number of carbonyl (C=O) groups is 3. The molecule has 30 heavy (non-hydrogen) atoms. The van der Waals surface area contributed by atoms with E-state index in [0.717, 1.165) is 5.56 Å². The van der Waals surface area contributed by atoms with Crippen LogP contribution in [0.3, 0.4) is 0 Å². The molecule has 3 rings (SSSR count). The number of aryl methyl sites for hydroxylation is 1. The molecule has 0 radical (unpaired) electrons. The standard InChI is InChI=1S/C22H26N2O6/c1-4-28-21(26)17-10-12-24(13-11-17)20(25)15(3)30-22(27)18-14(2)29-19(23-18)16-8-6-5-7-9-16/h5-9,15,17H,4,10-13H2,1-3H3/t15-/m0/s1. The molecule has 1 aliphatic heterocycles. The van der Waals surface area contributed by atoms with Crippen molar-refractivity contribution in [3.05, 3.63) is 41.8 Å². The van der Waals surface area contributed by atoms with Crippen LogP contribution >= 0.6 is 0 Å². The van der Waals surface area contributed by atoms with Crippen molar-refractivity contribution in [2.24, 2.45) is 5.92 Å². The number of carbonyl (C=O) groups excluding carboxylic acids is 3. The molecule has 0 saturated carbocycles. The fourth-order valence-corrected chi connectivity index (χ4v) is 3.41. The first-order chi connectivity index (χ1) is 14.4. The Hall–Kier alpha value is -3.16. The molecule has 1 atom stereocenters. The summed E-state index contributed by atoms with van der Waals surface area (Å²) >= 11 is 0. The summed E-state index contributed by atoms with van der Waals surface area (Å²) in [5, 5.41) is 0. The van der Waals surface area contributed by atoms with E-state index in [1.54, 1.807) is 18.7 Å². The summed E-state index contributed by atoms with van der Waals surface area (Å²) in [7, 11) is 0. The van der Waals surface area contributed by atoms with Gasteiger partial charge in [-0.15, -0.1) is 0 Å². The average Bonchev–Trinajstić information content (AvgIpc) is 3.16. The highest BCUT2D eigenvalue weighted by atomic mass is 16.5. The highest BCUT2D eigenvalue weighted by molar-refractivity contribution is 5.92. The molecule has 0 N–H and O–H groups in total. The Kier molecular flexibility index (Phi) is 6.87. The SMILES string of the molecule is CCOC(=O)C1CCN(C(=O)[C@H](C)OC(=O)c2nc(-c3ccccc3)oc2C)CC1. The van der Waals surface area contributed by atoms with Crippen molar-refractivity contribution in [2.45, 2.75) is 39.7 Å². The number of rotatable bonds is 6. The fourth-order valence-electron chi connectivity index (χ4n) is 3.41.